The van der Waals surface area contributed by atoms with E-state index in [9.17, 15) is 18.3 Å². The summed E-state index contributed by atoms with van der Waals surface area (Å²) < 4.78 is 45.8. The van der Waals surface area contributed by atoms with Crippen LogP contribution in [0.3, 0.4) is 0 Å². The Kier molecular flexibility index (Phi) is 8.43. The van der Waals surface area contributed by atoms with Gasteiger partial charge in [0.05, 0.1) is 24.3 Å². The maximum Gasteiger partial charge on any atom is 0.407 e. The SMILES string of the molecule is [C-]#[N+]c1ccc(N2CCC(O)(CCOc3ccc(CNC4CCCCC4)cc3)CC2)cc1C(F)(F)F. The van der Waals surface area contributed by atoms with Crippen molar-refractivity contribution in [3.05, 3.63) is 65.0 Å². The largest absolute Gasteiger partial charge is 0.493 e. The van der Waals surface area contributed by atoms with Crippen molar-refractivity contribution in [3.63, 3.8) is 0 Å². The third-order valence-corrected chi connectivity index (χ3v) is 7.42. The van der Waals surface area contributed by atoms with Crippen molar-refractivity contribution in [2.24, 2.45) is 0 Å². The minimum atomic E-state index is -4.58. The molecule has 0 unspecified atom stereocenters. The third-order valence-electron chi connectivity index (χ3n) is 7.42. The molecule has 1 aliphatic heterocycles. The zero-order chi connectivity index (χ0) is 25.6. The maximum absolute atomic E-state index is 13.3. The van der Waals surface area contributed by atoms with Gasteiger partial charge < -0.3 is 20.1 Å². The number of halogens is 3. The van der Waals surface area contributed by atoms with Crippen molar-refractivity contribution in [1.29, 1.82) is 0 Å². The first-order chi connectivity index (χ1) is 17.3. The fourth-order valence-corrected chi connectivity index (χ4v) is 5.11. The summed E-state index contributed by atoms with van der Waals surface area (Å²) >= 11 is 0. The number of ether oxygens (including phenoxy) is 1. The molecule has 2 N–H and O–H groups in total. The zero-order valence-electron chi connectivity index (χ0n) is 20.5. The summed E-state index contributed by atoms with van der Waals surface area (Å²) in [4.78, 5) is 4.82. The molecule has 2 aromatic rings. The Morgan fingerprint density at radius 1 is 1.06 bits per heavy atom. The number of nitrogens with one attached hydrogen (secondary N) is 1. The molecule has 1 saturated carbocycles. The molecule has 2 aliphatic rings. The first-order valence-electron chi connectivity index (χ1n) is 12.8. The quantitative estimate of drug-likeness (QED) is 0.407. The van der Waals surface area contributed by atoms with E-state index in [-0.39, 0.29) is 0 Å². The predicted octanol–water partition coefficient (Wildman–Crippen LogP) is 6.48. The van der Waals surface area contributed by atoms with Crippen LogP contribution in [0.25, 0.3) is 4.85 Å². The van der Waals surface area contributed by atoms with E-state index in [2.05, 4.69) is 22.3 Å². The normalized spacial score (nSPS) is 18.6. The molecule has 1 heterocycles. The van der Waals surface area contributed by atoms with Crippen molar-refractivity contribution in [2.75, 3.05) is 24.6 Å². The zero-order valence-corrected chi connectivity index (χ0v) is 20.5. The van der Waals surface area contributed by atoms with Crippen LogP contribution in [-0.4, -0.2) is 36.4 Å². The monoisotopic (exact) mass is 501 g/mol. The summed E-state index contributed by atoms with van der Waals surface area (Å²) in [5.41, 5.74) is -0.586. The molecule has 36 heavy (non-hydrogen) atoms. The Balaban J connectivity index is 1.22. The highest BCUT2D eigenvalue weighted by Gasteiger charge is 2.36. The highest BCUT2D eigenvalue weighted by atomic mass is 19.4. The van der Waals surface area contributed by atoms with Gasteiger partial charge in [-0.2, -0.15) is 13.2 Å². The number of piperidine rings is 1. The Morgan fingerprint density at radius 2 is 1.75 bits per heavy atom. The van der Waals surface area contributed by atoms with Gasteiger partial charge in [0.25, 0.3) is 0 Å². The van der Waals surface area contributed by atoms with Crippen molar-refractivity contribution in [3.8, 4) is 5.75 Å². The molecule has 1 aliphatic carbocycles. The van der Waals surface area contributed by atoms with E-state index >= 15 is 0 Å². The van der Waals surface area contributed by atoms with Gasteiger partial charge in [0.15, 0.2) is 5.69 Å². The van der Waals surface area contributed by atoms with Crippen molar-refractivity contribution in [2.45, 2.75) is 75.7 Å². The minimum absolute atomic E-state index is 0.369. The fraction of sp³-hybridized carbons (Fsp3) is 0.536. The van der Waals surface area contributed by atoms with Gasteiger partial charge in [0.2, 0.25) is 0 Å². The van der Waals surface area contributed by atoms with Crippen LogP contribution < -0.4 is 15.0 Å². The lowest BCUT2D eigenvalue weighted by Crippen LogP contribution is -2.45. The lowest BCUT2D eigenvalue weighted by molar-refractivity contribution is -0.136. The van der Waals surface area contributed by atoms with Crippen molar-refractivity contribution in [1.82, 2.24) is 5.32 Å². The number of nitrogens with zero attached hydrogens (tertiary/aromatic N) is 2. The Labute approximate surface area is 211 Å². The number of hydrogen-bond donors (Lipinski definition) is 2. The van der Waals surface area contributed by atoms with Crippen LogP contribution in [0.2, 0.25) is 0 Å². The van der Waals surface area contributed by atoms with E-state index in [0.717, 1.165) is 18.4 Å². The molecule has 0 aromatic heterocycles. The first kappa shape index (κ1) is 26.3. The smallest absolute Gasteiger partial charge is 0.407 e. The summed E-state index contributed by atoms with van der Waals surface area (Å²) in [6, 6.07) is 12.5. The van der Waals surface area contributed by atoms with Gasteiger partial charge in [0.1, 0.15) is 5.75 Å². The van der Waals surface area contributed by atoms with Gasteiger partial charge in [-0.3, -0.25) is 0 Å². The molecular weight excluding hydrogens is 467 g/mol. The predicted molar refractivity (Wildman–Crippen MR) is 134 cm³/mol. The highest BCUT2D eigenvalue weighted by molar-refractivity contribution is 5.62. The number of benzene rings is 2. The van der Waals surface area contributed by atoms with Crippen molar-refractivity contribution < 1.29 is 23.0 Å². The van der Waals surface area contributed by atoms with Crippen LogP contribution in [0.5, 0.6) is 5.75 Å². The van der Waals surface area contributed by atoms with Gasteiger partial charge >= 0.3 is 6.18 Å². The van der Waals surface area contributed by atoms with Crippen LogP contribution in [0, 0.1) is 6.57 Å². The fourth-order valence-electron chi connectivity index (χ4n) is 5.11. The highest BCUT2D eigenvalue weighted by Crippen LogP contribution is 2.39. The van der Waals surface area contributed by atoms with Gasteiger partial charge in [-0.15, -0.1) is 0 Å². The topological polar surface area (TPSA) is 49.1 Å². The second-order valence-corrected chi connectivity index (χ2v) is 9.98. The first-order valence-corrected chi connectivity index (χ1v) is 12.8. The molecule has 2 aromatic carbocycles. The van der Waals surface area contributed by atoms with Gasteiger partial charge in [-0.1, -0.05) is 37.5 Å². The second kappa shape index (κ2) is 11.5. The van der Waals surface area contributed by atoms with Gasteiger partial charge in [-0.05, 0) is 55.5 Å². The lowest BCUT2D eigenvalue weighted by Gasteiger charge is -2.39. The third kappa shape index (κ3) is 6.92. The maximum atomic E-state index is 13.3. The molecule has 8 heteroatoms. The van der Waals surface area contributed by atoms with E-state index < -0.39 is 23.0 Å². The van der Waals surface area contributed by atoms with E-state index in [1.807, 2.05) is 17.0 Å². The number of rotatable bonds is 8. The standard InChI is InChI=1S/C28H34F3N3O2/c1-32-26-12-9-23(19-25(26)28(29,30)31)34-16-13-27(35,14-17-34)15-18-36-24-10-7-21(8-11-24)20-33-22-5-3-2-4-6-22/h7-12,19,22,33,35H,2-6,13-18,20H2. The molecule has 0 bridgehead atoms. The number of aliphatic hydroxyl groups is 1. The number of hydrogen-bond acceptors (Lipinski definition) is 4. The molecule has 194 valence electrons. The van der Waals surface area contributed by atoms with E-state index in [4.69, 9.17) is 11.3 Å². The molecular formula is C28H34F3N3O2. The Morgan fingerprint density at radius 3 is 2.39 bits per heavy atom. The van der Waals surface area contributed by atoms with Gasteiger partial charge in [0, 0.05) is 37.8 Å². The molecule has 5 nitrogen and oxygen atoms in total. The molecule has 0 radical (unpaired) electrons. The Hall–Kier alpha value is -2.76. The number of alkyl halides is 3. The van der Waals surface area contributed by atoms with E-state index in [0.29, 0.717) is 50.7 Å². The summed E-state index contributed by atoms with van der Waals surface area (Å²) in [5, 5.41) is 14.6. The average molecular weight is 502 g/mol. The Bertz CT molecular complexity index is 1040. The minimum Gasteiger partial charge on any atom is -0.493 e. The second-order valence-electron chi connectivity index (χ2n) is 9.98. The van der Waals surface area contributed by atoms with Gasteiger partial charge in [-0.25, -0.2) is 4.85 Å². The molecule has 0 atom stereocenters. The van der Waals surface area contributed by atoms with E-state index in [1.165, 1.54) is 43.7 Å². The van der Waals surface area contributed by atoms with Crippen LogP contribution in [0.4, 0.5) is 24.5 Å². The lowest BCUT2D eigenvalue weighted by atomic mass is 9.88. The summed E-state index contributed by atoms with van der Waals surface area (Å²) in [5.74, 6) is 0.761. The molecule has 0 spiro atoms. The summed E-state index contributed by atoms with van der Waals surface area (Å²) in [6.07, 6.45) is 3.23. The van der Waals surface area contributed by atoms with E-state index in [1.54, 1.807) is 6.07 Å². The van der Waals surface area contributed by atoms with Crippen LogP contribution in [0.15, 0.2) is 42.5 Å². The molecule has 4 rings (SSSR count). The van der Waals surface area contributed by atoms with Crippen LogP contribution in [0.1, 0.15) is 62.5 Å². The van der Waals surface area contributed by atoms with Crippen molar-refractivity contribution >= 4 is 11.4 Å². The van der Waals surface area contributed by atoms with Crippen LogP contribution >= 0.6 is 0 Å². The summed E-state index contributed by atoms with van der Waals surface area (Å²) in [7, 11) is 0. The molecule has 1 saturated heterocycles. The molecule has 0 amide bonds. The molecule has 2 fully saturated rings. The summed E-state index contributed by atoms with van der Waals surface area (Å²) in [6.45, 7) is 9.09. The average Bonchev–Trinajstić information content (AvgIpc) is 2.88. The number of anilines is 1. The van der Waals surface area contributed by atoms with Crippen LogP contribution in [-0.2, 0) is 12.7 Å².